The Morgan fingerprint density at radius 2 is 2.22 bits per heavy atom. The van der Waals surface area contributed by atoms with Gasteiger partial charge in [-0.25, -0.2) is 4.39 Å². The Morgan fingerprint density at radius 1 is 1.39 bits per heavy atom. The van der Waals surface area contributed by atoms with Crippen LogP contribution in [0.25, 0.3) is 0 Å². The van der Waals surface area contributed by atoms with E-state index in [1.807, 2.05) is 11.8 Å². The second kappa shape index (κ2) is 6.20. The molecule has 1 aliphatic rings. The second-order valence-corrected chi connectivity index (χ2v) is 5.68. The smallest absolute Gasteiger partial charge is 0.123 e. The summed E-state index contributed by atoms with van der Waals surface area (Å²) in [5.41, 5.74) is 6.97. The highest BCUT2D eigenvalue weighted by Crippen LogP contribution is 2.16. The van der Waals surface area contributed by atoms with Gasteiger partial charge in [0.2, 0.25) is 0 Å². The molecule has 1 heterocycles. The van der Waals surface area contributed by atoms with Crippen molar-refractivity contribution in [1.29, 1.82) is 5.41 Å². The van der Waals surface area contributed by atoms with E-state index in [-0.39, 0.29) is 11.7 Å². The topological polar surface area (TPSA) is 53.1 Å². The summed E-state index contributed by atoms with van der Waals surface area (Å²) in [6, 6.07) is 4.53. The monoisotopic (exact) mass is 267 g/mol. The predicted molar refractivity (Wildman–Crippen MR) is 74.6 cm³/mol. The molecule has 3 nitrogen and oxygen atoms in total. The molecule has 0 amide bonds. The molecule has 0 bridgehead atoms. The zero-order valence-electron chi connectivity index (χ0n) is 10.3. The maximum absolute atomic E-state index is 13.2. The summed E-state index contributed by atoms with van der Waals surface area (Å²) in [6.07, 6.45) is 1.18. The summed E-state index contributed by atoms with van der Waals surface area (Å²) < 4.78 is 13.2. The lowest BCUT2D eigenvalue weighted by Crippen LogP contribution is -2.27. The van der Waals surface area contributed by atoms with Gasteiger partial charge in [-0.05, 0) is 36.4 Å². The Bertz CT molecular complexity index is 428. The van der Waals surface area contributed by atoms with Gasteiger partial charge < -0.3 is 5.73 Å². The molecule has 1 aromatic rings. The summed E-state index contributed by atoms with van der Waals surface area (Å²) in [5.74, 6) is 1.94. The molecular formula is C13H18FN3S. The van der Waals surface area contributed by atoms with Gasteiger partial charge in [-0.3, -0.25) is 10.3 Å². The maximum atomic E-state index is 13.2. The summed E-state index contributed by atoms with van der Waals surface area (Å²) in [4.78, 5) is 2.35. The van der Waals surface area contributed by atoms with Crippen LogP contribution in [-0.2, 0) is 6.54 Å². The molecule has 0 unspecified atom stereocenters. The van der Waals surface area contributed by atoms with Gasteiger partial charge in [-0.15, -0.1) is 0 Å². The Morgan fingerprint density at radius 3 is 3.00 bits per heavy atom. The van der Waals surface area contributed by atoms with Crippen LogP contribution in [0, 0.1) is 11.2 Å². The van der Waals surface area contributed by atoms with Crippen LogP contribution >= 0.6 is 11.8 Å². The molecule has 18 heavy (non-hydrogen) atoms. The van der Waals surface area contributed by atoms with Crippen LogP contribution in [0.2, 0.25) is 0 Å². The molecule has 2 rings (SSSR count). The van der Waals surface area contributed by atoms with E-state index >= 15 is 0 Å². The zero-order chi connectivity index (χ0) is 13.0. The fourth-order valence-electron chi connectivity index (χ4n) is 2.13. The molecule has 1 aromatic carbocycles. The summed E-state index contributed by atoms with van der Waals surface area (Å²) in [6.45, 7) is 2.84. The van der Waals surface area contributed by atoms with Crippen molar-refractivity contribution in [3.63, 3.8) is 0 Å². The van der Waals surface area contributed by atoms with Gasteiger partial charge in [0.25, 0.3) is 0 Å². The predicted octanol–water partition coefficient (Wildman–Crippen LogP) is 2.05. The summed E-state index contributed by atoms with van der Waals surface area (Å²) >= 11 is 1.97. The maximum Gasteiger partial charge on any atom is 0.123 e. The van der Waals surface area contributed by atoms with Crippen molar-refractivity contribution in [3.8, 4) is 0 Å². The van der Waals surface area contributed by atoms with E-state index in [2.05, 4.69) is 4.90 Å². The highest BCUT2D eigenvalue weighted by molar-refractivity contribution is 7.99. The van der Waals surface area contributed by atoms with Crippen LogP contribution in [0.4, 0.5) is 4.39 Å². The summed E-state index contributed by atoms with van der Waals surface area (Å²) in [5, 5.41) is 7.52. The lowest BCUT2D eigenvalue weighted by Gasteiger charge is -2.21. The van der Waals surface area contributed by atoms with Crippen molar-refractivity contribution in [2.75, 3.05) is 24.6 Å². The van der Waals surface area contributed by atoms with E-state index in [1.165, 1.54) is 24.3 Å². The number of rotatable bonds is 3. The van der Waals surface area contributed by atoms with Crippen LogP contribution in [0.3, 0.4) is 0 Å². The third-order valence-electron chi connectivity index (χ3n) is 3.07. The number of amidine groups is 1. The fraction of sp³-hybridized carbons (Fsp3) is 0.462. The first-order valence-electron chi connectivity index (χ1n) is 6.10. The molecule has 0 aromatic heterocycles. The van der Waals surface area contributed by atoms with Gasteiger partial charge in [0.1, 0.15) is 11.7 Å². The minimum Gasteiger partial charge on any atom is -0.384 e. The zero-order valence-corrected chi connectivity index (χ0v) is 11.1. The average molecular weight is 267 g/mol. The van der Waals surface area contributed by atoms with Crippen molar-refractivity contribution >= 4 is 17.6 Å². The summed E-state index contributed by atoms with van der Waals surface area (Å²) in [7, 11) is 0. The number of benzene rings is 1. The lowest BCUT2D eigenvalue weighted by molar-refractivity contribution is 0.287. The first-order chi connectivity index (χ1) is 8.66. The molecule has 3 N–H and O–H groups in total. The molecule has 1 fully saturated rings. The molecule has 1 saturated heterocycles. The van der Waals surface area contributed by atoms with Gasteiger partial charge in [0.15, 0.2) is 0 Å². The number of halogens is 1. The first kappa shape index (κ1) is 13.4. The third-order valence-corrected chi connectivity index (χ3v) is 4.12. The average Bonchev–Trinajstić information content (AvgIpc) is 2.60. The minimum absolute atomic E-state index is 0.0614. The second-order valence-electron chi connectivity index (χ2n) is 4.46. The van der Waals surface area contributed by atoms with Crippen LogP contribution in [0.1, 0.15) is 17.5 Å². The largest absolute Gasteiger partial charge is 0.384 e. The highest BCUT2D eigenvalue weighted by atomic mass is 32.2. The van der Waals surface area contributed by atoms with E-state index in [1.54, 1.807) is 6.07 Å². The molecule has 0 atom stereocenters. The van der Waals surface area contributed by atoms with Crippen LogP contribution in [0.15, 0.2) is 18.2 Å². The van der Waals surface area contributed by atoms with E-state index in [4.69, 9.17) is 11.1 Å². The number of nitrogens with zero attached hydrogens (tertiary/aromatic N) is 1. The Balaban J connectivity index is 2.14. The Labute approximate surface area is 111 Å². The van der Waals surface area contributed by atoms with Gasteiger partial charge in [0.05, 0.1) is 0 Å². The van der Waals surface area contributed by atoms with Crippen molar-refractivity contribution < 1.29 is 4.39 Å². The van der Waals surface area contributed by atoms with Crippen LogP contribution in [0.5, 0.6) is 0 Å². The van der Waals surface area contributed by atoms with E-state index < -0.39 is 0 Å². The van der Waals surface area contributed by atoms with Crippen molar-refractivity contribution in [2.24, 2.45) is 5.73 Å². The van der Waals surface area contributed by atoms with Crippen molar-refractivity contribution in [3.05, 3.63) is 35.1 Å². The fourth-order valence-corrected chi connectivity index (χ4v) is 3.06. The Hall–Kier alpha value is -1.07. The van der Waals surface area contributed by atoms with Gasteiger partial charge in [-0.2, -0.15) is 11.8 Å². The molecule has 5 heteroatoms. The molecule has 98 valence electrons. The number of nitrogens with two attached hydrogens (primary N) is 1. The first-order valence-corrected chi connectivity index (χ1v) is 7.25. The highest BCUT2D eigenvalue weighted by Gasteiger charge is 2.13. The van der Waals surface area contributed by atoms with E-state index in [9.17, 15) is 4.39 Å². The number of thioether (sulfide) groups is 1. The minimum atomic E-state index is -0.338. The third kappa shape index (κ3) is 3.46. The number of hydrogen-bond donors (Lipinski definition) is 2. The SMILES string of the molecule is N=C(N)c1cc(F)ccc1CN1CCCSCC1. The Kier molecular flexibility index (Phi) is 4.60. The van der Waals surface area contributed by atoms with Gasteiger partial charge in [0, 0.05) is 24.4 Å². The van der Waals surface area contributed by atoms with Crippen molar-refractivity contribution in [1.82, 2.24) is 4.90 Å². The van der Waals surface area contributed by atoms with Crippen LogP contribution < -0.4 is 5.73 Å². The van der Waals surface area contributed by atoms with E-state index in [0.717, 1.165) is 31.0 Å². The number of hydrogen-bond acceptors (Lipinski definition) is 3. The quantitative estimate of drug-likeness (QED) is 0.651. The number of nitrogen functional groups attached to an aromatic ring is 1. The molecule has 0 saturated carbocycles. The van der Waals surface area contributed by atoms with Crippen LogP contribution in [-0.4, -0.2) is 35.3 Å². The molecule has 0 aliphatic carbocycles. The van der Waals surface area contributed by atoms with Gasteiger partial charge >= 0.3 is 0 Å². The number of nitrogens with one attached hydrogen (secondary N) is 1. The normalized spacial score (nSPS) is 17.4. The molecule has 0 radical (unpaired) electrons. The standard InChI is InChI=1S/C13H18FN3S/c14-11-3-2-10(12(8-11)13(15)16)9-17-4-1-6-18-7-5-17/h2-3,8H,1,4-7,9H2,(H3,15,16). The van der Waals surface area contributed by atoms with E-state index in [0.29, 0.717) is 5.56 Å². The van der Waals surface area contributed by atoms with Gasteiger partial charge in [-0.1, -0.05) is 6.07 Å². The molecular weight excluding hydrogens is 249 g/mol. The van der Waals surface area contributed by atoms with Crippen molar-refractivity contribution in [2.45, 2.75) is 13.0 Å². The molecule has 0 spiro atoms. The molecule has 1 aliphatic heterocycles. The lowest BCUT2D eigenvalue weighted by atomic mass is 10.1.